The van der Waals surface area contributed by atoms with E-state index in [1.54, 1.807) is 42.5 Å². The molecule has 0 radical (unpaired) electrons. The Morgan fingerprint density at radius 2 is 1.97 bits per heavy atom. The fourth-order valence-electron chi connectivity index (χ4n) is 2.85. The van der Waals surface area contributed by atoms with Gasteiger partial charge in [-0.2, -0.15) is 5.26 Å². The second kappa shape index (κ2) is 8.09. The molecule has 0 fully saturated rings. The highest BCUT2D eigenvalue weighted by Gasteiger charge is 2.24. The zero-order chi connectivity index (χ0) is 21.1. The quantitative estimate of drug-likeness (QED) is 0.635. The van der Waals surface area contributed by atoms with Gasteiger partial charge in [0, 0.05) is 16.9 Å². The first-order valence-corrected chi connectivity index (χ1v) is 8.91. The monoisotopic (exact) mass is 408 g/mol. The van der Waals surface area contributed by atoms with Gasteiger partial charge in [-0.3, -0.25) is 4.79 Å². The van der Waals surface area contributed by atoms with Gasteiger partial charge in [-0.15, -0.1) is 0 Å². The molecule has 0 spiro atoms. The maximum atomic E-state index is 12.9. The molecular weight excluding hydrogens is 392 g/mol. The number of ether oxygens (including phenoxy) is 1. The van der Waals surface area contributed by atoms with E-state index in [0.717, 1.165) is 5.56 Å². The number of esters is 1. The van der Waals surface area contributed by atoms with E-state index in [1.165, 1.54) is 17.9 Å². The first-order chi connectivity index (χ1) is 13.9. The number of halogens is 1. The zero-order valence-corrected chi connectivity index (χ0v) is 16.4. The Balaban J connectivity index is 2.08. The van der Waals surface area contributed by atoms with Crippen LogP contribution in [0.3, 0.4) is 0 Å². The highest BCUT2D eigenvalue weighted by molar-refractivity contribution is 6.31. The van der Waals surface area contributed by atoms with Crippen LogP contribution >= 0.6 is 11.6 Å². The number of benzene rings is 2. The number of methoxy groups -OCH3 is 1. The Kier molecular flexibility index (Phi) is 5.57. The van der Waals surface area contributed by atoms with Crippen LogP contribution in [0, 0.1) is 18.3 Å². The number of carbonyl (C=O) groups excluding carboxylic acids is 2. The van der Waals surface area contributed by atoms with Crippen molar-refractivity contribution in [1.82, 2.24) is 4.57 Å². The Morgan fingerprint density at radius 1 is 1.24 bits per heavy atom. The van der Waals surface area contributed by atoms with Gasteiger partial charge in [-0.25, -0.2) is 4.79 Å². The van der Waals surface area contributed by atoms with Crippen molar-refractivity contribution in [2.45, 2.75) is 6.92 Å². The molecule has 0 atom stereocenters. The molecular formula is C21H17ClN4O3. The second-order valence-electron chi connectivity index (χ2n) is 6.21. The number of hydrogen-bond donors (Lipinski definition) is 2. The van der Waals surface area contributed by atoms with Crippen molar-refractivity contribution < 1.29 is 14.3 Å². The number of para-hydroxylation sites is 1. The smallest absolute Gasteiger partial charge is 0.357 e. The first kappa shape index (κ1) is 20.0. The van der Waals surface area contributed by atoms with Crippen molar-refractivity contribution in [3.63, 3.8) is 0 Å². The fraction of sp³-hybridized carbons (Fsp3) is 0.0952. The lowest BCUT2D eigenvalue weighted by atomic mass is 10.1. The van der Waals surface area contributed by atoms with Crippen LogP contribution in [0.15, 0.2) is 48.7 Å². The number of anilines is 2. The molecule has 3 rings (SSSR count). The van der Waals surface area contributed by atoms with Crippen molar-refractivity contribution in [3.8, 4) is 11.8 Å². The van der Waals surface area contributed by atoms with Crippen LogP contribution in [-0.2, 0) is 4.74 Å². The maximum Gasteiger partial charge on any atom is 0.357 e. The number of aryl methyl sites for hydroxylation is 1. The molecule has 2 aromatic carbocycles. The van der Waals surface area contributed by atoms with Crippen LogP contribution < -0.4 is 11.1 Å². The Morgan fingerprint density at radius 3 is 2.62 bits per heavy atom. The van der Waals surface area contributed by atoms with E-state index >= 15 is 0 Å². The van der Waals surface area contributed by atoms with Crippen molar-refractivity contribution in [2.24, 2.45) is 0 Å². The minimum Gasteiger partial charge on any atom is -0.464 e. The topological polar surface area (TPSA) is 110 Å². The average molecular weight is 409 g/mol. The number of hydrogen-bond acceptors (Lipinski definition) is 5. The molecule has 0 bridgehead atoms. The molecule has 0 unspecified atom stereocenters. The molecule has 1 aromatic heterocycles. The average Bonchev–Trinajstić information content (AvgIpc) is 3.06. The highest BCUT2D eigenvalue weighted by atomic mass is 35.5. The molecule has 146 valence electrons. The molecule has 0 aliphatic heterocycles. The number of nitriles is 1. The van der Waals surface area contributed by atoms with E-state index < -0.39 is 11.9 Å². The lowest BCUT2D eigenvalue weighted by Crippen LogP contribution is -2.17. The molecule has 3 N–H and O–H groups in total. The minimum absolute atomic E-state index is 0.0140. The third kappa shape index (κ3) is 3.79. The van der Waals surface area contributed by atoms with Crippen LogP contribution in [-0.4, -0.2) is 23.6 Å². The van der Waals surface area contributed by atoms with E-state index in [0.29, 0.717) is 16.4 Å². The highest BCUT2D eigenvalue weighted by Crippen LogP contribution is 2.27. The van der Waals surface area contributed by atoms with Crippen molar-refractivity contribution in [1.29, 1.82) is 5.26 Å². The van der Waals surface area contributed by atoms with E-state index in [1.807, 2.05) is 13.0 Å². The van der Waals surface area contributed by atoms with Gasteiger partial charge in [0.25, 0.3) is 5.91 Å². The summed E-state index contributed by atoms with van der Waals surface area (Å²) in [5.41, 5.74) is 8.07. The number of rotatable bonds is 4. The Bertz CT molecular complexity index is 1160. The second-order valence-corrected chi connectivity index (χ2v) is 6.62. The lowest BCUT2D eigenvalue weighted by molar-refractivity contribution is 0.0592. The van der Waals surface area contributed by atoms with Gasteiger partial charge in [0.15, 0.2) is 5.69 Å². The summed E-state index contributed by atoms with van der Waals surface area (Å²) in [4.78, 5) is 25.2. The molecule has 0 aliphatic carbocycles. The molecule has 0 saturated heterocycles. The summed E-state index contributed by atoms with van der Waals surface area (Å²) >= 11 is 6.13. The number of aromatic nitrogens is 1. The Hall–Kier alpha value is -3.76. The zero-order valence-electron chi connectivity index (χ0n) is 15.7. The standard InChI is InChI=1S/C21H17ClN4O3/c1-12-7-8-14(9-16(12)22)25-20(27)15-5-3-4-6-17(15)26-11-13(10-23)18(24)19(26)21(28)29-2/h3-9,11H,24H2,1-2H3,(H,25,27). The molecule has 0 aliphatic rings. The van der Waals surface area contributed by atoms with Crippen LogP contribution in [0.5, 0.6) is 0 Å². The number of nitrogens with zero attached hydrogens (tertiary/aromatic N) is 2. The third-order valence-electron chi connectivity index (χ3n) is 4.38. The van der Waals surface area contributed by atoms with Crippen molar-refractivity contribution in [3.05, 3.63) is 76.1 Å². The van der Waals surface area contributed by atoms with Gasteiger partial charge in [0.2, 0.25) is 0 Å². The predicted octanol–water partition coefficient (Wildman–Crippen LogP) is 3.93. The number of amides is 1. The summed E-state index contributed by atoms with van der Waals surface area (Å²) in [6.45, 7) is 1.86. The van der Waals surface area contributed by atoms with Gasteiger partial charge in [-0.1, -0.05) is 29.8 Å². The molecule has 3 aromatic rings. The van der Waals surface area contributed by atoms with Crippen LogP contribution in [0.1, 0.15) is 32.0 Å². The number of nitrogens with one attached hydrogen (secondary N) is 1. The largest absolute Gasteiger partial charge is 0.464 e. The summed E-state index contributed by atoms with van der Waals surface area (Å²) in [6, 6.07) is 13.8. The van der Waals surface area contributed by atoms with E-state index in [2.05, 4.69) is 5.32 Å². The van der Waals surface area contributed by atoms with Gasteiger partial charge >= 0.3 is 5.97 Å². The van der Waals surface area contributed by atoms with E-state index in [4.69, 9.17) is 22.1 Å². The van der Waals surface area contributed by atoms with Crippen LogP contribution in [0.25, 0.3) is 5.69 Å². The third-order valence-corrected chi connectivity index (χ3v) is 4.79. The van der Waals surface area contributed by atoms with Gasteiger partial charge in [0.05, 0.1) is 29.6 Å². The molecule has 1 heterocycles. The minimum atomic E-state index is -0.718. The normalized spacial score (nSPS) is 10.3. The number of nitrogens with two attached hydrogens (primary N) is 1. The van der Waals surface area contributed by atoms with Gasteiger partial charge < -0.3 is 20.4 Å². The number of carbonyl (C=O) groups is 2. The fourth-order valence-corrected chi connectivity index (χ4v) is 3.03. The predicted molar refractivity (Wildman–Crippen MR) is 110 cm³/mol. The number of nitrogen functional groups attached to an aromatic ring is 1. The first-order valence-electron chi connectivity index (χ1n) is 8.53. The SMILES string of the molecule is COC(=O)c1c(N)c(C#N)cn1-c1ccccc1C(=O)Nc1ccc(C)c(Cl)c1. The molecule has 1 amide bonds. The molecule has 0 saturated carbocycles. The van der Waals surface area contributed by atoms with E-state index in [9.17, 15) is 14.9 Å². The van der Waals surface area contributed by atoms with Gasteiger partial charge in [0.1, 0.15) is 6.07 Å². The van der Waals surface area contributed by atoms with Gasteiger partial charge in [-0.05, 0) is 36.8 Å². The summed E-state index contributed by atoms with van der Waals surface area (Å²) in [7, 11) is 1.21. The van der Waals surface area contributed by atoms with Crippen LogP contribution in [0.4, 0.5) is 11.4 Å². The Labute approximate surface area is 172 Å². The van der Waals surface area contributed by atoms with Crippen LogP contribution in [0.2, 0.25) is 5.02 Å². The molecule has 8 heteroatoms. The molecule has 29 heavy (non-hydrogen) atoms. The lowest BCUT2D eigenvalue weighted by Gasteiger charge is -2.14. The molecule has 7 nitrogen and oxygen atoms in total. The maximum absolute atomic E-state index is 12.9. The summed E-state index contributed by atoms with van der Waals surface area (Å²) in [5, 5.41) is 12.6. The summed E-state index contributed by atoms with van der Waals surface area (Å²) in [5.74, 6) is -1.13. The summed E-state index contributed by atoms with van der Waals surface area (Å²) in [6.07, 6.45) is 1.40. The van der Waals surface area contributed by atoms with Crippen molar-refractivity contribution in [2.75, 3.05) is 18.2 Å². The van der Waals surface area contributed by atoms with Crippen molar-refractivity contribution >= 4 is 34.9 Å². The van der Waals surface area contributed by atoms with E-state index in [-0.39, 0.29) is 22.5 Å². The summed E-state index contributed by atoms with van der Waals surface area (Å²) < 4.78 is 6.18.